The van der Waals surface area contributed by atoms with Crippen LogP contribution in [0.5, 0.6) is 0 Å². The highest BCUT2D eigenvalue weighted by atomic mass is 35.5. The summed E-state index contributed by atoms with van der Waals surface area (Å²) in [5.41, 5.74) is 2.91. The number of ketones is 1. The van der Waals surface area contributed by atoms with Gasteiger partial charge in [-0.2, -0.15) is 0 Å². The summed E-state index contributed by atoms with van der Waals surface area (Å²) in [7, 11) is -3.37. The van der Waals surface area contributed by atoms with Crippen LogP contribution in [0.4, 0.5) is 5.69 Å². The van der Waals surface area contributed by atoms with Gasteiger partial charge in [-0.15, -0.1) is 0 Å². The number of furan rings is 1. The predicted molar refractivity (Wildman–Crippen MR) is 120 cm³/mol. The third-order valence-corrected chi connectivity index (χ3v) is 5.57. The quantitative estimate of drug-likeness (QED) is 0.370. The Balaban J connectivity index is 1.69. The summed E-state index contributed by atoms with van der Waals surface area (Å²) in [6, 6.07) is 18.9. The van der Waals surface area contributed by atoms with E-state index >= 15 is 0 Å². The summed E-state index contributed by atoms with van der Waals surface area (Å²) in [5, 5.41) is 1.46. The van der Waals surface area contributed by atoms with E-state index in [1.54, 1.807) is 42.5 Å². The second kappa shape index (κ2) is 7.80. The van der Waals surface area contributed by atoms with Gasteiger partial charge in [-0.25, -0.2) is 8.42 Å². The van der Waals surface area contributed by atoms with Crippen LogP contribution in [0.25, 0.3) is 22.1 Å². The van der Waals surface area contributed by atoms with Crippen molar-refractivity contribution in [2.45, 2.75) is 0 Å². The lowest BCUT2D eigenvalue weighted by Gasteiger charge is -2.07. The van der Waals surface area contributed by atoms with Crippen molar-refractivity contribution in [2.24, 2.45) is 0 Å². The largest absolute Gasteiger partial charge is 0.453 e. The maximum atomic E-state index is 12.8. The number of halogens is 2. The molecule has 0 aliphatic rings. The van der Waals surface area contributed by atoms with Gasteiger partial charge in [0.15, 0.2) is 5.76 Å². The highest BCUT2D eigenvalue weighted by Crippen LogP contribution is 2.30. The fraction of sp³-hybridized carbons (Fsp3) is 0.0455. The molecule has 0 radical (unpaired) electrons. The second-order valence-electron chi connectivity index (χ2n) is 6.77. The first-order chi connectivity index (χ1) is 14.2. The van der Waals surface area contributed by atoms with Gasteiger partial charge in [0, 0.05) is 21.7 Å². The molecular weight excluding hydrogens is 445 g/mol. The van der Waals surface area contributed by atoms with E-state index in [4.69, 9.17) is 27.6 Å². The fourth-order valence-electron chi connectivity index (χ4n) is 3.11. The Morgan fingerprint density at radius 1 is 0.933 bits per heavy atom. The number of nitrogens with one attached hydrogen (secondary N) is 1. The molecule has 1 heterocycles. The molecule has 1 aromatic heterocycles. The molecule has 3 aromatic carbocycles. The first-order valence-electron chi connectivity index (χ1n) is 8.81. The third-order valence-electron chi connectivity index (χ3n) is 4.42. The highest BCUT2D eigenvalue weighted by molar-refractivity contribution is 7.92. The van der Waals surface area contributed by atoms with Gasteiger partial charge in [0.1, 0.15) is 5.58 Å². The number of hydrogen-bond acceptors (Lipinski definition) is 4. The molecule has 0 atom stereocenters. The Morgan fingerprint density at radius 3 is 2.43 bits per heavy atom. The number of hydrogen-bond donors (Lipinski definition) is 1. The van der Waals surface area contributed by atoms with Gasteiger partial charge in [-0.05, 0) is 53.6 Å². The summed E-state index contributed by atoms with van der Waals surface area (Å²) in [5.74, 6) is -0.173. The molecule has 0 aliphatic heterocycles. The molecule has 152 valence electrons. The van der Waals surface area contributed by atoms with Crippen LogP contribution >= 0.6 is 23.2 Å². The Labute approximate surface area is 183 Å². The van der Waals surface area contributed by atoms with Crippen molar-refractivity contribution in [3.05, 3.63) is 88.1 Å². The van der Waals surface area contributed by atoms with Crippen LogP contribution in [0, 0.1) is 0 Å². The fourth-order valence-corrected chi connectivity index (χ4v) is 4.15. The van der Waals surface area contributed by atoms with Crippen molar-refractivity contribution in [3.63, 3.8) is 0 Å². The van der Waals surface area contributed by atoms with E-state index in [2.05, 4.69) is 4.72 Å². The summed E-state index contributed by atoms with van der Waals surface area (Å²) in [6.45, 7) is 0. The molecule has 4 rings (SSSR count). The standard InChI is InChI=1S/C22H15Cl2NO4S/c1-30(27,28)25-17-4-2-3-13(9-17)14-5-6-15-11-21(29-20(15)10-14)22(26)18-8-7-16(23)12-19(18)24/h2-12,25H,1H3. The highest BCUT2D eigenvalue weighted by Gasteiger charge is 2.18. The summed E-state index contributed by atoms with van der Waals surface area (Å²) >= 11 is 12.0. The van der Waals surface area contributed by atoms with E-state index in [0.29, 0.717) is 21.9 Å². The van der Waals surface area contributed by atoms with E-state index in [1.807, 2.05) is 18.2 Å². The Morgan fingerprint density at radius 2 is 1.70 bits per heavy atom. The van der Waals surface area contributed by atoms with Crippen molar-refractivity contribution in [2.75, 3.05) is 11.0 Å². The SMILES string of the molecule is CS(=O)(=O)Nc1cccc(-c2ccc3cc(C(=O)c4ccc(Cl)cc4Cl)oc3c2)c1. The van der Waals surface area contributed by atoms with E-state index in [-0.39, 0.29) is 16.6 Å². The molecule has 0 unspecified atom stereocenters. The number of carbonyl (C=O) groups is 1. The van der Waals surface area contributed by atoms with Crippen LogP contribution in [-0.2, 0) is 10.0 Å². The van der Waals surface area contributed by atoms with E-state index < -0.39 is 10.0 Å². The lowest BCUT2D eigenvalue weighted by Crippen LogP contribution is -2.09. The molecule has 5 nitrogen and oxygen atoms in total. The van der Waals surface area contributed by atoms with Gasteiger partial charge >= 0.3 is 0 Å². The Kier molecular flexibility index (Phi) is 5.32. The van der Waals surface area contributed by atoms with Crippen molar-refractivity contribution in [1.82, 2.24) is 0 Å². The Hall–Kier alpha value is -2.80. The zero-order valence-electron chi connectivity index (χ0n) is 15.6. The van der Waals surface area contributed by atoms with Gasteiger partial charge in [-0.1, -0.05) is 47.5 Å². The first kappa shape index (κ1) is 20.5. The minimum Gasteiger partial charge on any atom is -0.453 e. The zero-order valence-corrected chi connectivity index (χ0v) is 18.0. The number of sulfonamides is 1. The van der Waals surface area contributed by atoms with E-state index in [1.165, 1.54) is 6.07 Å². The number of carbonyl (C=O) groups excluding carboxylic acids is 1. The Bertz CT molecular complexity index is 1390. The van der Waals surface area contributed by atoms with Gasteiger partial charge < -0.3 is 4.42 Å². The molecule has 0 fully saturated rings. The molecular formula is C22H15Cl2NO4S. The summed E-state index contributed by atoms with van der Waals surface area (Å²) in [4.78, 5) is 12.8. The predicted octanol–water partition coefficient (Wildman–Crippen LogP) is 6.01. The van der Waals surface area contributed by atoms with E-state index in [9.17, 15) is 13.2 Å². The zero-order chi connectivity index (χ0) is 21.5. The van der Waals surface area contributed by atoms with Crippen LogP contribution < -0.4 is 4.72 Å². The number of rotatable bonds is 5. The molecule has 0 saturated carbocycles. The van der Waals surface area contributed by atoms with Crippen molar-refractivity contribution in [1.29, 1.82) is 0 Å². The van der Waals surface area contributed by atoms with Gasteiger partial charge in [0.05, 0.1) is 11.3 Å². The molecule has 0 spiro atoms. The average Bonchev–Trinajstić information content (AvgIpc) is 3.10. The summed E-state index contributed by atoms with van der Waals surface area (Å²) < 4.78 is 31.2. The van der Waals surface area contributed by atoms with Crippen molar-refractivity contribution in [3.8, 4) is 11.1 Å². The maximum absolute atomic E-state index is 12.8. The van der Waals surface area contributed by atoms with Crippen LogP contribution in [0.15, 0.2) is 71.1 Å². The molecule has 1 N–H and O–H groups in total. The maximum Gasteiger partial charge on any atom is 0.229 e. The van der Waals surface area contributed by atoms with E-state index in [0.717, 1.165) is 22.8 Å². The van der Waals surface area contributed by atoms with Crippen LogP contribution in [0.3, 0.4) is 0 Å². The second-order valence-corrected chi connectivity index (χ2v) is 9.36. The number of benzene rings is 3. The van der Waals surface area contributed by atoms with Gasteiger partial charge in [-0.3, -0.25) is 9.52 Å². The monoisotopic (exact) mass is 459 g/mol. The lowest BCUT2D eigenvalue weighted by atomic mass is 10.0. The molecule has 0 aliphatic carbocycles. The number of fused-ring (bicyclic) bond motifs is 1. The normalized spacial score (nSPS) is 11.6. The van der Waals surface area contributed by atoms with Crippen LogP contribution in [-0.4, -0.2) is 20.5 Å². The topological polar surface area (TPSA) is 76.4 Å². The average molecular weight is 460 g/mol. The molecule has 30 heavy (non-hydrogen) atoms. The molecule has 0 bridgehead atoms. The first-order valence-corrected chi connectivity index (χ1v) is 11.5. The molecule has 0 amide bonds. The minimum absolute atomic E-state index is 0.166. The molecule has 8 heteroatoms. The third kappa shape index (κ3) is 4.36. The number of anilines is 1. The summed E-state index contributed by atoms with van der Waals surface area (Å²) in [6.07, 6.45) is 1.10. The smallest absolute Gasteiger partial charge is 0.229 e. The van der Waals surface area contributed by atoms with Crippen LogP contribution in [0.1, 0.15) is 16.1 Å². The molecule has 0 saturated heterocycles. The van der Waals surface area contributed by atoms with Crippen molar-refractivity contribution < 1.29 is 17.6 Å². The lowest BCUT2D eigenvalue weighted by molar-refractivity contribution is 0.101. The van der Waals surface area contributed by atoms with Crippen LogP contribution in [0.2, 0.25) is 10.0 Å². The molecule has 4 aromatic rings. The van der Waals surface area contributed by atoms with Gasteiger partial charge in [0.2, 0.25) is 15.8 Å². The minimum atomic E-state index is -3.37. The van der Waals surface area contributed by atoms with Crippen molar-refractivity contribution >= 4 is 55.7 Å². The van der Waals surface area contributed by atoms with Gasteiger partial charge in [0.25, 0.3) is 0 Å².